The number of carbonyl (C=O) groups is 1. The summed E-state index contributed by atoms with van der Waals surface area (Å²) >= 11 is 5.40. The molecule has 14 heavy (non-hydrogen) atoms. The maximum absolute atomic E-state index is 11.1. The Morgan fingerprint density at radius 3 is 2.43 bits per heavy atom. The van der Waals surface area contributed by atoms with Crippen LogP contribution < -0.4 is 5.32 Å². The largest absolute Gasteiger partial charge is 0.353 e. The first-order chi connectivity index (χ1) is 6.53. The summed E-state index contributed by atoms with van der Waals surface area (Å²) in [6.45, 7) is 0. The van der Waals surface area contributed by atoms with Crippen molar-refractivity contribution in [2.24, 2.45) is 0 Å². The van der Waals surface area contributed by atoms with Gasteiger partial charge in [-0.15, -0.1) is 11.6 Å². The van der Waals surface area contributed by atoms with Gasteiger partial charge < -0.3 is 5.32 Å². The fraction of sp³-hybridized carbons (Fsp3) is 0.875. The summed E-state index contributed by atoms with van der Waals surface area (Å²) < 4.78 is 22.1. The van der Waals surface area contributed by atoms with Gasteiger partial charge in [0.15, 0.2) is 0 Å². The van der Waals surface area contributed by atoms with Crippen LogP contribution in [0.5, 0.6) is 0 Å². The number of halogens is 1. The Bertz CT molecular complexity index is 288. The molecule has 0 aromatic heterocycles. The van der Waals surface area contributed by atoms with Crippen molar-refractivity contribution >= 4 is 27.3 Å². The molecule has 0 spiro atoms. The highest BCUT2D eigenvalue weighted by molar-refractivity contribution is 7.91. The number of rotatable bonds is 3. The summed E-state index contributed by atoms with van der Waals surface area (Å²) in [5.41, 5.74) is 0. The number of sulfone groups is 1. The summed E-state index contributed by atoms with van der Waals surface area (Å²) in [6.07, 6.45) is 1.34. The van der Waals surface area contributed by atoms with E-state index in [1.54, 1.807) is 0 Å². The lowest BCUT2D eigenvalue weighted by Gasteiger charge is -2.22. The predicted octanol–water partition coefficient (Wildman–Crippen LogP) is 0.309. The van der Waals surface area contributed by atoms with E-state index < -0.39 is 9.84 Å². The van der Waals surface area contributed by atoms with Crippen LogP contribution in [0.15, 0.2) is 0 Å². The summed E-state index contributed by atoms with van der Waals surface area (Å²) in [7, 11) is -2.84. The van der Waals surface area contributed by atoms with Crippen LogP contribution in [0.1, 0.15) is 19.3 Å². The fourth-order valence-electron chi connectivity index (χ4n) is 1.42. The maximum Gasteiger partial charge on any atom is 0.221 e. The number of amides is 1. The summed E-state index contributed by atoms with van der Waals surface area (Å²) in [5.74, 6) is 0.568. The first-order valence-electron chi connectivity index (χ1n) is 4.59. The second-order valence-electron chi connectivity index (χ2n) is 3.43. The van der Waals surface area contributed by atoms with Crippen molar-refractivity contribution in [2.45, 2.75) is 25.3 Å². The highest BCUT2D eigenvalue weighted by atomic mass is 35.5. The van der Waals surface area contributed by atoms with Gasteiger partial charge in [-0.2, -0.15) is 0 Å². The molecule has 0 radical (unpaired) electrons. The molecule has 0 atom stereocenters. The lowest BCUT2D eigenvalue weighted by atomic mass is 10.1. The molecule has 0 aliphatic carbocycles. The van der Waals surface area contributed by atoms with Crippen molar-refractivity contribution in [2.75, 3.05) is 17.4 Å². The molecule has 1 saturated heterocycles. The van der Waals surface area contributed by atoms with Gasteiger partial charge in [-0.1, -0.05) is 0 Å². The van der Waals surface area contributed by atoms with Gasteiger partial charge in [-0.05, 0) is 12.8 Å². The van der Waals surface area contributed by atoms with Crippen LogP contribution in [0, 0.1) is 0 Å². The molecule has 1 aliphatic heterocycles. The third-order valence-electron chi connectivity index (χ3n) is 2.24. The Hall–Kier alpha value is -0.290. The quantitative estimate of drug-likeness (QED) is 0.721. The molecular weight excluding hydrogens is 226 g/mol. The number of nitrogens with one attached hydrogen (secondary N) is 1. The van der Waals surface area contributed by atoms with Gasteiger partial charge in [0, 0.05) is 18.3 Å². The zero-order chi connectivity index (χ0) is 10.6. The third kappa shape index (κ3) is 3.84. The monoisotopic (exact) mass is 239 g/mol. The molecule has 1 aliphatic rings. The minimum Gasteiger partial charge on any atom is -0.353 e. The molecular formula is C8H14ClNO3S. The zero-order valence-corrected chi connectivity index (χ0v) is 9.40. The van der Waals surface area contributed by atoms with Crippen LogP contribution in [-0.2, 0) is 14.6 Å². The van der Waals surface area contributed by atoms with E-state index in [-0.39, 0.29) is 23.5 Å². The first-order valence-corrected chi connectivity index (χ1v) is 6.95. The molecule has 0 unspecified atom stereocenters. The SMILES string of the molecule is O=C(CCCl)NC1CCS(=O)(=O)CC1. The molecule has 1 rings (SSSR count). The molecule has 1 fully saturated rings. The van der Waals surface area contributed by atoms with Crippen LogP contribution in [0.2, 0.25) is 0 Å². The average molecular weight is 240 g/mol. The second kappa shape index (κ2) is 4.98. The number of hydrogen-bond donors (Lipinski definition) is 1. The van der Waals surface area contributed by atoms with E-state index in [1.807, 2.05) is 0 Å². The predicted molar refractivity (Wildman–Crippen MR) is 55.2 cm³/mol. The number of hydrogen-bond acceptors (Lipinski definition) is 3. The third-order valence-corrected chi connectivity index (χ3v) is 4.15. The van der Waals surface area contributed by atoms with Gasteiger partial charge in [0.1, 0.15) is 9.84 Å². The summed E-state index contributed by atoms with van der Waals surface area (Å²) in [5, 5.41) is 2.77. The number of alkyl halides is 1. The molecule has 0 aromatic rings. The molecule has 1 N–H and O–H groups in total. The standard InChI is InChI=1S/C8H14ClNO3S/c9-4-1-8(11)10-7-2-5-14(12,13)6-3-7/h7H,1-6H2,(H,10,11). The van der Waals surface area contributed by atoms with E-state index in [9.17, 15) is 13.2 Å². The number of carbonyl (C=O) groups excluding carboxylic acids is 1. The van der Waals surface area contributed by atoms with Crippen LogP contribution in [0.4, 0.5) is 0 Å². The van der Waals surface area contributed by atoms with Crippen LogP contribution in [0.3, 0.4) is 0 Å². The van der Waals surface area contributed by atoms with Gasteiger partial charge in [0.25, 0.3) is 0 Å². The van der Waals surface area contributed by atoms with Gasteiger partial charge in [-0.3, -0.25) is 4.79 Å². The van der Waals surface area contributed by atoms with E-state index in [4.69, 9.17) is 11.6 Å². The average Bonchev–Trinajstić information content (AvgIpc) is 2.09. The van der Waals surface area contributed by atoms with Crippen LogP contribution in [0.25, 0.3) is 0 Å². The molecule has 82 valence electrons. The Morgan fingerprint density at radius 1 is 1.36 bits per heavy atom. The normalized spacial score (nSPS) is 21.8. The molecule has 0 bridgehead atoms. The maximum atomic E-state index is 11.1. The fourth-order valence-corrected chi connectivity index (χ4v) is 3.08. The minimum atomic E-state index is -2.84. The summed E-state index contributed by atoms with van der Waals surface area (Å²) in [6, 6.07) is 0.00856. The smallest absolute Gasteiger partial charge is 0.221 e. The van der Waals surface area contributed by atoms with Crippen molar-refractivity contribution in [3.8, 4) is 0 Å². The van der Waals surface area contributed by atoms with Crippen molar-refractivity contribution in [3.63, 3.8) is 0 Å². The van der Waals surface area contributed by atoms with Crippen molar-refractivity contribution < 1.29 is 13.2 Å². The van der Waals surface area contributed by atoms with Crippen molar-refractivity contribution in [3.05, 3.63) is 0 Å². The lowest BCUT2D eigenvalue weighted by molar-refractivity contribution is -0.121. The first kappa shape index (κ1) is 11.8. The minimum absolute atomic E-state index is 0.00856. The highest BCUT2D eigenvalue weighted by Gasteiger charge is 2.24. The van der Waals surface area contributed by atoms with Crippen LogP contribution in [-0.4, -0.2) is 37.8 Å². The lowest BCUT2D eigenvalue weighted by Crippen LogP contribution is -2.40. The Morgan fingerprint density at radius 2 is 1.93 bits per heavy atom. The van der Waals surface area contributed by atoms with Crippen molar-refractivity contribution in [1.82, 2.24) is 5.32 Å². The molecule has 1 amide bonds. The van der Waals surface area contributed by atoms with E-state index in [1.165, 1.54) is 0 Å². The van der Waals surface area contributed by atoms with Gasteiger partial charge in [0.2, 0.25) is 5.91 Å². The van der Waals surface area contributed by atoms with E-state index in [2.05, 4.69) is 5.32 Å². The Kier molecular flexibility index (Phi) is 4.19. The molecule has 6 heteroatoms. The molecule has 1 heterocycles. The van der Waals surface area contributed by atoms with Gasteiger partial charge in [-0.25, -0.2) is 8.42 Å². The summed E-state index contributed by atoms with van der Waals surface area (Å²) in [4.78, 5) is 11.1. The van der Waals surface area contributed by atoms with E-state index >= 15 is 0 Å². The molecule has 0 saturated carbocycles. The Balaban J connectivity index is 2.32. The van der Waals surface area contributed by atoms with Crippen molar-refractivity contribution in [1.29, 1.82) is 0 Å². The van der Waals surface area contributed by atoms with Crippen LogP contribution >= 0.6 is 11.6 Å². The van der Waals surface area contributed by atoms with Gasteiger partial charge in [0.05, 0.1) is 11.5 Å². The second-order valence-corrected chi connectivity index (χ2v) is 6.11. The topological polar surface area (TPSA) is 63.2 Å². The molecule has 0 aromatic carbocycles. The molecule has 4 nitrogen and oxygen atoms in total. The Labute approximate surface area is 88.9 Å². The zero-order valence-electron chi connectivity index (χ0n) is 7.83. The van der Waals surface area contributed by atoms with Gasteiger partial charge >= 0.3 is 0 Å². The van der Waals surface area contributed by atoms with E-state index in [0.717, 1.165) is 0 Å². The highest BCUT2D eigenvalue weighted by Crippen LogP contribution is 2.12. The van der Waals surface area contributed by atoms with E-state index in [0.29, 0.717) is 25.1 Å².